The number of ether oxygens (including phenoxy) is 4. The molecular weight excluding hydrogens is 626 g/mol. The number of hydrogen-bond acceptors (Lipinski definition) is 14. The molecule has 2 heterocycles. The molecule has 0 radical (unpaired) electrons. The molecule has 0 aliphatic rings. The highest BCUT2D eigenvalue weighted by atomic mass is 16.6. The number of benzene rings is 1. The second-order valence-electron chi connectivity index (χ2n) is 11.5. The number of hydrogen-bond donors (Lipinski definition) is 6. The Hall–Kier alpha value is -4.71. The zero-order valence-corrected chi connectivity index (χ0v) is 27.5. The Morgan fingerprint density at radius 3 is 2.29 bits per heavy atom. The van der Waals surface area contributed by atoms with Gasteiger partial charge in [-0.25, -0.2) is 14.8 Å². The highest BCUT2D eigenvalue weighted by Crippen LogP contribution is 2.14. The van der Waals surface area contributed by atoms with Gasteiger partial charge in [0.15, 0.2) is 11.2 Å². The van der Waals surface area contributed by atoms with Crippen LogP contribution >= 0.6 is 0 Å². The molecular formula is C31H45N9O8. The Morgan fingerprint density at radius 1 is 0.958 bits per heavy atom. The van der Waals surface area contributed by atoms with E-state index in [9.17, 15) is 19.2 Å². The van der Waals surface area contributed by atoms with Crippen molar-refractivity contribution in [3.8, 4) is 0 Å². The lowest BCUT2D eigenvalue weighted by Crippen LogP contribution is -2.45. The summed E-state index contributed by atoms with van der Waals surface area (Å²) in [6, 6.07) is 5.48. The topological polar surface area (TPSA) is 248 Å². The van der Waals surface area contributed by atoms with Gasteiger partial charge in [0.25, 0.3) is 11.5 Å². The maximum Gasteiger partial charge on any atom is 0.329 e. The predicted molar refractivity (Wildman–Crippen MR) is 177 cm³/mol. The van der Waals surface area contributed by atoms with Crippen molar-refractivity contribution in [3.05, 3.63) is 52.1 Å². The van der Waals surface area contributed by atoms with Crippen LogP contribution in [0.15, 0.2) is 35.3 Å². The third-order valence-corrected chi connectivity index (χ3v) is 6.34. The minimum absolute atomic E-state index is 0.0219. The highest BCUT2D eigenvalue weighted by Gasteiger charge is 2.27. The number of anilines is 2. The van der Waals surface area contributed by atoms with Crippen LogP contribution in [0.5, 0.6) is 0 Å². The lowest BCUT2D eigenvalue weighted by atomic mass is 10.1. The zero-order chi connectivity index (χ0) is 34.9. The summed E-state index contributed by atoms with van der Waals surface area (Å²) in [5.74, 6) is -1.50. The Morgan fingerprint density at radius 2 is 1.62 bits per heavy atom. The molecule has 0 unspecified atom stereocenters. The van der Waals surface area contributed by atoms with Crippen LogP contribution in [0.4, 0.5) is 11.6 Å². The average molecular weight is 672 g/mol. The van der Waals surface area contributed by atoms with Gasteiger partial charge in [0.1, 0.15) is 11.6 Å². The van der Waals surface area contributed by atoms with Crippen molar-refractivity contribution >= 4 is 40.6 Å². The molecule has 3 rings (SSSR count). The van der Waals surface area contributed by atoms with E-state index >= 15 is 0 Å². The number of carbonyl (C=O) groups excluding carboxylic acids is 3. The number of fused-ring (bicyclic) bond motifs is 1. The number of H-pyrrole nitrogens is 1. The number of rotatable bonds is 20. The molecule has 0 aliphatic carbocycles. The van der Waals surface area contributed by atoms with E-state index in [2.05, 4.69) is 35.9 Å². The molecule has 0 saturated carbocycles. The van der Waals surface area contributed by atoms with Gasteiger partial charge in [-0.3, -0.25) is 19.4 Å². The van der Waals surface area contributed by atoms with Gasteiger partial charge in [-0.1, -0.05) is 0 Å². The third-order valence-electron chi connectivity index (χ3n) is 6.34. The van der Waals surface area contributed by atoms with Gasteiger partial charge in [-0.05, 0) is 51.5 Å². The molecule has 0 bridgehead atoms. The van der Waals surface area contributed by atoms with Crippen LogP contribution in [0.25, 0.3) is 11.2 Å². The van der Waals surface area contributed by atoms with E-state index in [0.29, 0.717) is 63.1 Å². The van der Waals surface area contributed by atoms with E-state index in [1.807, 2.05) is 0 Å². The Balaban J connectivity index is 1.46. The zero-order valence-electron chi connectivity index (χ0n) is 27.5. The Kier molecular flexibility index (Phi) is 15.1. The maximum absolute atomic E-state index is 13.1. The summed E-state index contributed by atoms with van der Waals surface area (Å²) in [7, 11) is 0. The fourth-order valence-corrected chi connectivity index (χ4v) is 4.10. The van der Waals surface area contributed by atoms with Crippen molar-refractivity contribution in [2.24, 2.45) is 5.73 Å². The first-order chi connectivity index (χ1) is 22.9. The molecule has 0 aliphatic heterocycles. The summed E-state index contributed by atoms with van der Waals surface area (Å²) in [6.07, 6.45) is 1.49. The molecule has 0 spiro atoms. The van der Waals surface area contributed by atoms with Gasteiger partial charge >= 0.3 is 5.97 Å². The molecule has 0 fully saturated rings. The van der Waals surface area contributed by atoms with Crippen LogP contribution in [0.1, 0.15) is 49.7 Å². The molecule has 0 saturated heterocycles. The second-order valence-corrected chi connectivity index (χ2v) is 11.5. The second kappa shape index (κ2) is 19.2. The van der Waals surface area contributed by atoms with Crippen molar-refractivity contribution in [3.63, 3.8) is 0 Å². The van der Waals surface area contributed by atoms with Crippen molar-refractivity contribution in [2.75, 3.05) is 63.8 Å². The lowest BCUT2D eigenvalue weighted by Gasteiger charge is -2.24. The van der Waals surface area contributed by atoms with E-state index < -0.39 is 29.1 Å². The van der Waals surface area contributed by atoms with Crippen LogP contribution in [0, 0.1) is 0 Å². The molecule has 2 aromatic heterocycles. The molecule has 48 heavy (non-hydrogen) atoms. The molecule has 2 amide bonds. The van der Waals surface area contributed by atoms with E-state index in [1.165, 1.54) is 6.20 Å². The van der Waals surface area contributed by atoms with E-state index in [4.69, 9.17) is 30.4 Å². The monoisotopic (exact) mass is 671 g/mol. The van der Waals surface area contributed by atoms with E-state index in [0.717, 1.165) is 0 Å². The maximum atomic E-state index is 13.1. The van der Waals surface area contributed by atoms with Gasteiger partial charge in [0, 0.05) is 30.8 Å². The number of amides is 2. The average Bonchev–Trinajstić information content (AvgIpc) is 3.04. The smallest absolute Gasteiger partial charge is 0.329 e. The third kappa shape index (κ3) is 13.6. The van der Waals surface area contributed by atoms with Gasteiger partial charge in [0.05, 0.1) is 58.1 Å². The highest BCUT2D eigenvalue weighted by molar-refractivity contribution is 5.97. The Labute approximate surface area is 277 Å². The van der Waals surface area contributed by atoms with Crippen LogP contribution < -0.4 is 33.0 Å². The Bertz CT molecular complexity index is 1540. The lowest BCUT2D eigenvalue weighted by molar-refractivity contribution is -0.157. The number of nitrogens with zero attached hydrogens (tertiary/aromatic N) is 3. The molecule has 262 valence electrons. The van der Waals surface area contributed by atoms with Gasteiger partial charge in [0.2, 0.25) is 11.9 Å². The number of nitrogens with two attached hydrogens (primary N) is 2. The minimum atomic E-state index is -1.05. The number of aromatic amines is 1. The fraction of sp³-hybridized carbons (Fsp3) is 0.516. The summed E-state index contributed by atoms with van der Waals surface area (Å²) >= 11 is 0. The summed E-state index contributed by atoms with van der Waals surface area (Å²) < 4.78 is 21.5. The van der Waals surface area contributed by atoms with E-state index in [-0.39, 0.29) is 49.0 Å². The SMILES string of the molecule is CC(C)(C)OC(=O)[C@H](CCC(=O)NCCOCCOCCOCCN)NC(=O)c1ccc(NCc2cnc3nc(N)[nH]c(=O)c3n2)cc1. The largest absolute Gasteiger partial charge is 0.458 e. The summed E-state index contributed by atoms with van der Waals surface area (Å²) in [5.41, 5.74) is 11.3. The van der Waals surface area contributed by atoms with Crippen molar-refractivity contribution < 1.29 is 33.3 Å². The summed E-state index contributed by atoms with van der Waals surface area (Å²) in [5, 5.41) is 8.58. The van der Waals surface area contributed by atoms with Crippen LogP contribution in [0.3, 0.4) is 0 Å². The van der Waals surface area contributed by atoms with Crippen molar-refractivity contribution in [2.45, 2.75) is 51.8 Å². The first kappa shape index (κ1) is 37.7. The molecule has 8 N–H and O–H groups in total. The fourth-order valence-electron chi connectivity index (χ4n) is 4.10. The molecule has 3 aromatic rings. The number of esters is 1. The van der Waals surface area contributed by atoms with Crippen LogP contribution in [-0.4, -0.2) is 102 Å². The number of nitrogens with one attached hydrogen (secondary N) is 4. The van der Waals surface area contributed by atoms with Crippen LogP contribution in [0.2, 0.25) is 0 Å². The predicted octanol–water partition coefficient (Wildman–Crippen LogP) is 0.252. The van der Waals surface area contributed by atoms with Gasteiger partial charge in [-0.15, -0.1) is 0 Å². The molecule has 17 nitrogen and oxygen atoms in total. The van der Waals surface area contributed by atoms with Gasteiger partial charge < -0.3 is 46.4 Å². The number of nitrogen functional groups attached to an aromatic ring is 1. The normalized spacial score (nSPS) is 12.0. The van der Waals surface area contributed by atoms with Crippen molar-refractivity contribution in [1.82, 2.24) is 30.6 Å². The number of aromatic nitrogens is 4. The quantitative estimate of drug-likeness (QED) is 0.0696. The molecule has 1 atom stereocenters. The van der Waals surface area contributed by atoms with Gasteiger partial charge in [-0.2, -0.15) is 4.98 Å². The summed E-state index contributed by atoms with van der Waals surface area (Å²) in [6.45, 7) is 8.60. The standard InChI is InChI=1S/C31H45N9O8/c1-31(2,3)48-29(44)23(8-9-24(41)34-11-13-46-15-17-47-16-14-45-12-10-32)38-27(42)20-4-6-21(7-5-20)35-18-22-19-36-26-25(37-22)28(43)40-30(33)39-26/h4-7,19,23,35H,8-18,32H2,1-3H3,(H,34,41)(H,38,42)(H3,33,36,39,40,43)/t23-/m0/s1. The van der Waals surface area contributed by atoms with Crippen molar-refractivity contribution in [1.29, 1.82) is 0 Å². The molecule has 17 heteroatoms. The first-order valence-electron chi connectivity index (χ1n) is 15.5. The summed E-state index contributed by atoms with van der Waals surface area (Å²) in [4.78, 5) is 65.3. The first-order valence-corrected chi connectivity index (χ1v) is 15.5. The minimum Gasteiger partial charge on any atom is -0.458 e. The number of carbonyl (C=O) groups is 3. The van der Waals surface area contributed by atoms with Crippen LogP contribution in [-0.2, 0) is 35.1 Å². The molecule has 1 aromatic carbocycles. The van der Waals surface area contributed by atoms with E-state index in [1.54, 1.807) is 45.0 Å².